The maximum atomic E-state index is 12.4. The van der Waals surface area contributed by atoms with Crippen LogP contribution in [0.3, 0.4) is 0 Å². The Kier molecular flexibility index (Phi) is 3.30. The molecular weight excluding hydrogens is 288 g/mol. The molecule has 3 aromatic rings. The summed E-state index contributed by atoms with van der Waals surface area (Å²) in [5, 5.41) is 7.29. The minimum absolute atomic E-state index is 0.0914. The summed E-state index contributed by atoms with van der Waals surface area (Å²) in [6.07, 6.45) is 0. The fourth-order valence-electron chi connectivity index (χ4n) is 2.04. The quantitative estimate of drug-likeness (QED) is 0.765. The zero-order valence-electron chi connectivity index (χ0n) is 11.6. The fourth-order valence-corrected chi connectivity index (χ4v) is 2.81. The number of H-pyrrole nitrogens is 1. The van der Waals surface area contributed by atoms with Crippen LogP contribution in [-0.2, 0) is 6.54 Å². The minimum Gasteiger partial charge on any atom is -0.375 e. The van der Waals surface area contributed by atoms with Crippen molar-refractivity contribution in [3.8, 4) is 0 Å². The molecule has 0 aliphatic heterocycles. The number of nitrogens with two attached hydrogens (primary N) is 1. The van der Waals surface area contributed by atoms with Crippen LogP contribution >= 0.6 is 11.3 Å². The highest BCUT2D eigenvalue weighted by atomic mass is 32.1. The Hall–Kier alpha value is -2.48. The molecule has 0 saturated heterocycles. The summed E-state index contributed by atoms with van der Waals surface area (Å²) in [5.41, 5.74) is 7.08. The zero-order valence-corrected chi connectivity index (χ0v) is 12.4. The first-order valence-electron chi connectivity index (χ1n) is 6.32. The maximum Gasteiger partial charge on any atom is 0.254 e. The van der Waals surface area contributed by atoms with Crippen LogP contribution in [0.4, 0.5) is 5.13 Å². The number of carbonyl (C=O) groups excluding carboxylic acids is 1. The van der Waals surface area contributed by atoms with Gasteiger partial charge in [-0.25, -0.2) is 9.97 Å². The summed E-state index contributed by atoms with van der Waals surface area (Å²) in [6.45, 7) is 2.17. The first-order valence-corrected chi connectivity index (χ1v) is 7.14. The van der Waals surface area contributed by atoms with Gasteiger partial charge in [0.1, 0.15) is 5.82 Å². The highest BCUT2D eigenvalue weighted by Crippen LogP contribution is 2.25. The number of nitrogens with one attached hydrogen (secondary N) is 1. The van der Waals surface area contributed by atoms with Gasteiger partial charge in [-0.15, -0.1) is 0 Å². The molecule has 0 unspecified atom stereocenters. The van der Waals surface area contributed by atoms with Crippen molar-refractivity contribution in [1.29, 1.82) is 0 Å². The van der Waals surface area contributed by atoms with Gasteiger partial charge in [0, 0.05) is 12.6 Å². The largest absolute Gasteiger partial charge is 0.375 e. The van der Waals surface area contributed by atoms with Crippen molar-refractivity contribution in [2.75, 3.05) is 12.8 Å². The predicted molar refractivity (Wildman–Crippen MR) is 80.9 cm³/mol. The molecule has 0 saturated carbocycles. The number of aromatic amines is 1. The van der Waals surface area contributed by atoms with E-state index in [4.69, 9.17) is 5.73 Å². The number of aryl methyl sites for hydroxylation is 1. The number of rotatable bonds is 3. The van der Waals surface area contributed by atoms with Crippen molar-refractivity contribution in [1.82, 2.24) is 25.1 Å². The SMILES string of the molecule is Cc1nc(CN(C)C(=O)c2ccc3nc(N)sc3c2)n[nH]1. The second-order valence-corrected chi connectivity index (χ2v) is 5.80. The first-order chi connectivity index (χ1) is 10.0. The van der Waals surface area contributed by atoms with Gasteiger partial charge in [0.05, 0.1) is 16.8 Å². The average molecular weight is 302 g/mol. The van der Waals surface area contributed by atoms with E-state index in [-0.39, 0.29) is 5.91 Å². The van der Waals surface area contributed by atoms with Crippen LogP contribution in [0, 0.1) is 6.92 Å². The Labute approximate surface area is 124 Å². The number of anilines is 1. The molecule has 108 valence electrons. The van der Waals surface area contributed by atoms with E-state index in [1.54, 1.807) is 24.1 Å². The van der Waals surface area contributed by atoms with Crippen LogP contribution in [0.5, 0.6) is 0 Å². The Balaban J connectivity index is 1.81. The molecule has 0 bridgehead atoms. The third-order valence-electron chi connectivity index (χ3n) is 3.02. The normalized spacial score (nSPS) is 11.0. The van der Waals surface area contributed by atoms with Crippen LogP contribution in [0.15, 0.2) is 18.2 Å². The van der Waals surface area contributed by atoms with Crippen LogP contribution in [0.25, 0.3) is 10.2 Å². The number of hydrogen-bond acceptors (Lipinski definition) is 6. The average Bonchev–Trinajstić information content (AvgIpc) is 3.01. The molecule has 1 aromatic carbocycles. The topological polar surface area (TPSA) is 101 Å². The summed E-state index contributed by atoms with van der Waals surface area (Å²) in [6, 6.07) is 5.37. The number of nitrogens with zero attached hydrogens (tertiary/aromatic N) is 4. The summed E-state index contributed by atoms with van der Waals surface area (Å²) < 4.78 is 0.903. The molecule has 0 fully saturated rings. The highest BCUT2D eigenvalue weighted by molar-refractivity contribution is 7.22. The Morgan fingerprint density at radius 3 is 2.95 bits per heavy atom. The van der Waals surface area contributed by atoms with Crippen molar-refractivity contribution in [3.05, 3.63) is 35.4 Å². The van der Waals surface area contributed by atoms with Gasteiger partial charge in [-0.3, -0.25) is 9.89 Å². The van der Waals surface area contributed by atoms with Gasteiger partial charge in [0.25, 0.3) is 5.91 Å². The van der Waals surface area contributed by atoms with E-state index in [9.17, 15) is 4.79 Å². The zero-order chi connectivity index (χ0) is 15.0. The lowest BCUT2D eigenvalue weighted by Crippen LogP contribution is -2.26. The first kappa shape index (κ1) is 13.5. The molecule has 7 nitrogen and oxygen atoms in total. The third-order valence-corrected chi connectivity index (χ3v) is 3.87. The van der Waals surface area contributed by atoms with Gasteiger partial charge in [0.2, 0.25) is 0 Å². The molecule has 0 aliphatic carbocycles. The Morgan fingerprint density at radius 2 is 2.24 bits per heavy atom. The van der Waals surface area contributed by atoms with Gasteiger partial charge in [-0.2, -0.15) is 5.10 Å². The number of nitrogen functional groups attached to an aromatic ring is 1. The van der Waals surface area contributed by atoms with Crippen molar-refractivity contribution in [2.45, 2.75) is 13.5 Å². The maximum absolute atomic E-state index is 12.4. The van der Waals surface area contributed by atoms with E-state index in [1.807, 2.05) is 13.0 Å². The van der Waals surface area contributed by atoms with Crippen molar-refractivity contribution in [3.63, 3.8) is 0 Å². The summed E-state index contributed by atoms with van der Waals surface area (Å²) >= 11 is 1.37. The molecule has 0 radical (unpaired) electrons. The van der Waals surface area contributed by atoms with Crippen LogP contribution in [0.2, 0.25) is 0 Å². The molecule has 2 aromatic heterocycles. The molecule has 3 N–H and O–H groups in total. The van der Waals surface area contributed by atoms with E-state index in [2.05, 4.69) is 20.2 Å². The number of carbonyl (C=O) groups is 1. The molecule has 1 amide bonds. The number of thiazole rings is 1. The van der Waals surface area contributed by atoms with E-state index in [0.717, 1.165) is 16.0 Å². The van der Waals surface area contributed by atoms with E-state index < -0.39 is 0 Å². The molecule has 0 atom stereocenters. The molecule has 0 spiro atoms. The molecule has 0 aliphatic rings. The molecule has 8 heteroatoms. The van der Waals surface area contributed by atoms with Crippen molar-refractivity contribution in [2.24, 2.45) is 0 Å². The second-order valence-electron chi connectivity index (χ2n) is 4.73. The van der Waals surface area contributed by atoms with Crippen LogP contribution < -0.4 is 5.73 Å². The molecule has 21 heavy (non-hydrogen) atoms. The Morgan fingerprint density at radius 1 is 1.43 bits per heavy atom. The second kappa shape index (κ2) is 5.13. The van der Waals surface area contributed by atoms with Crippen molar-refractivity contribution < 1.29 is 4.79 Å². The highest BCUT2D eigenvalue weighted by Gasteiger charge is 2.15. The number of fused-ring (bicyclic) bond motifs is 1. The van der Waals surface area contributed by atoms with E-state index >= 15 is 0 Å². The minimum atomic E-state index is -0.0914. The van der Waals surface area contributed by atoms with Gasteiger partial charge < -0.3 is 10.6 Å². The van der Waals surface area contributed by atoms with E-state index in [0.29, 0.717) is 23.1 Å². The van der Waals surface area contributed by atoms with Gasteiger partial charge in [0.15, 0.2) is 11.0 Å². The lowest BCUT2D eigenvalue weighted by molar-refractivity contribution is 0.0782. The summed E-state index contributed by atoms with van der Waals surface area (Å²) in [7, 11) is 1.72. The molecule has 3 rings (SSSR count). The van der Waals surface area contributed by atoms with Gasteiger partial charge in [-0.1, -0.05) is 11.3 Å². The van der Waals surface area contributed by atoms with Gasteiger partial charge in [-0.05, 0) is 25.1 Å². The number of aromatic nitrogens is 4. The summed E-state index contributed by atoms with van der Waals surface area (Å²) in [4.78, 5) is 22.4. The lowest BCUT2D eigenvalue weighted by Gasteiger charge is -2.15. The number of benzene rings is 1. The smallest absolute Gasteiger partial charge is 0.254 e. The summed E-state index contributed by atoms with van der Waals surface area (Å²) in [5.74, 6) is 1.23. The molecular formula is C13H14N6OS. The van der Waals surface area contributed by atoms with Gasteiger partial charge >= 0.3 is 0 Å². The Bertz CT molecular complexity index is 808. The monoisotopic (exact) mass is 302 g/mol. The van der Waals surface area contributed by atoms with E-state index in [1.165, 1.54) is 11.3 Å². The number of hydrogen-bond donors (Lipinski definition) is 2. The standard InChI is InChI=1S/C13H14N6OS/c1-7-15-11(18-17-7)6-19(2)12(20)8-3-4-9-10(5-8)21-13(14)16-9/h3-5H,6H2,1-2H3,(H2,14,16)(H,15,17,18). The number of amides is 1. The lowest BCUT2D eigenvalue weighted by atomic mass is 10.2. The predicted octanol–water partition coefficient (Wildman–Crippen LogP) is 1.58. The van der Waals surface area contributed by atoms with Crippen LogP contribution in [0.1, 0.15) is 22.0 Å². The van der Waals surface area contributed by atoms with Crippen LogP contribution in [-0.4, -0.2) is 38.0 Å². The molecule has 2 heterocycles. The third kappa shape index (κ3) is 2.70. The fraction of sp³-hybridized carbons (Fsp3) is 0.231. The van der Waals surface area contributed by atoms with Crippen molar-refractivity contribution >= 4 is 32.6 Å².